The Labute approximate surface area is 192 Å². The summed E-state index contributed by atoms with van der Waals surface area (Å²) in [6.07, 6.45) is 0. The molecule has 0 saturated carbocycles. The van der Waals surface area contributed by atoms with Crippen molar-refractivity contribution in [3.05, 3.63) is 59.4 Å². The van der Waals surface area contributed by atoms with Crippen LogP contribution >= 0.6 is 11.8 Å². The molecular formula is C23H29N5O3S. The SMILES string of the molecule is COc1ccc(NC(=O)C(C)Sc2nnc(COc3cc(C)ccc3C(C)C)n2N)cc1. The van der Waals surface area contributed by atoms with Gasteiger partial charge >= 0.3 is 0 Å². The molecule has 1 atom stereocenters. The summed E-state index contributed by atoms with van der Waals surface area (Å²) in [4.78, 5) is 12.5. The lowest BCUT2D eigenvalue weighted by Gasteiger charge is -2.15. The molecule has 3 rings (SSSR count). The summed E-state index contributed by atoms with van der Waals surface area (Å²) in [6, 6.07) is 13.3. The van der Waals surface area contributed by atoms with E-state index in [-0.39, 0.29) is 12.5 Å². The molecule has 0 spiro atoms. The number of benzene rings is 2. The molecule has 1 heterocycles. The Morgan fingerprint density at radius 3 is 2.53 bits per heavy atom. The highest BCUT2D eigenvalue weighted by Crippen LogP contribution is 2.28. The summed E-state index contributed by atoms with van der Waals surface area (Å²) in [5.41, 5.74) is 2.93. The molecule has 32 heavy (non-hydrogen) atoms. The third-order valence-electron chi connectivity index (χ3n) is 4.89. The van der Waals surface area contributed by atoms with Gasteiger partial charge in [-0.1, -0.05) is 37.7 Å². The van der Waals surface area contributed by atoms with Crippen LogP contribution in [0.1, 0.15) is 43.6 Å². The highest BCUT2D eigenvalue weighted by Gasteiger charge is 2.20. The first-order chi connectivity index (χ1) is 15.3. The molecule has 3 N–H and O–H groups in total. The fourth-order valence-electron chi connectivity index (χ4n) is 3.00. The Bertz CT molecular complexity index is 1070. The second-order valence-corrected chi connectivity index (χ2v) is 9.04. The molecule has 0 aliphatic heterocycles. The summed E-state index contributed by atoms with van der Waals surface area (Å²) in [6.45, 7) is 8.23. The second-order valence-electron chi connectivity index (χ2n) is 7.73. The predicted octanol–water partition coefficient (Wildman–Crippen LogP) is 4.13. The number of aromatic nitrogens is 3. The third kappa shape index (κ3) is 5.73. The summed E-state index contributed by atoms with van der Waals surface area (Å²) in [5, 5.41) is 11.1. The lowest BCUT2D eigenvalue weighted by atomic mass is 10.0. The molecule has 0 bridgehead atoms. The standard InChI is InChI=1S/C23H29N5O3S/c1-14(2)19-11-6-15(3)12-20(19)31-13-21-26-27-23(28(21)24)32-16(4)22(29)25-17-7-9-18(30-5)10-8-17/h6-12,14,16H,13,24H2,1-5H3,(H,25,29). The largest absolute Gasteiger partial charge is 0.497 e. The van der Waals surface area contributed by atoms with Gasteiger partial charge in [0, 0.05) is 5.69 Å². The van der Waals surface area contributed by atoms with E-state index < -0.39 is 5.25 Å². The van der Waals surface area contributed by atoms with Crippen molar-refractivity contribution in [3.8, 4) is 11.5 Å². The van der Waals surface area contributed by atoms with Crippen molar-refractivity contribution in [2.24, 2.45) is 0 Å². The van der Waals surface area contributed by atoms with Gasteiger partial charge in [0.2, 0.25) is 11.1 Å². The van der Waals surface area contributed by atoms with Gasteiger partial charge in [-0.05, 0) is 61.2 Å². The number of aryl methyl sites for hydroxylation is 1. The van der Waals surface area contributed by atoms with Gasteiger partial charge in [-0.2, -0.15) is 0 Å². The van der Waals surface area contributed by atoms with Crippen molar-refractivity contribution in [3.63, 3.8) is 0 Å². The lowest BCUT2D eigenvalue weighted by molar-refractivity contribution is -0.115. The van der Waals surface area contributed by atoms with E-state index in [1.165, 1.54) is 16.4 Å². The van der Waals surface area contributed by atoms with Gasteiger partial charge in [-0.3, -0.25) is 4.79 Å². The molecule has 1 unspecified atom stereocenters. The first kappa shape index (κ1) is 23.5. The number of thioether (sulfide) groups is 1. The van der Waals surface area contributed by atoms with Crippen molar-refractivity contribution in [2.45, 2.75) is 50.6 Å². The van der Waals surface area contributed by atoms with Gasteiger partial charge in [0.15, 0.2) is 5.82 Å². The van der Waals surface area contributed by atoms with E-state index in [0.29, 0.717) is 22.6 Å². The summed E-state index contributed by atoms with van der Waals surface area (Å²) >= 11 is 1.23. The molecule has 8 nitrogen and oxygen atoms in total. The number of nitrogens with zero attached hydrogens (tertiary/aromatic N) is 3. The Morgan fingerprint density at radius 2 is 1.88 bits per heavy atom. The molecule has 170 valence electrons. The molecule has 9 heteroatoms. The van der Waals surface area contributed by atoms with Crippen molar-refractivity contribution < 1.29 is 14.3 Å². The molecular weight excluding hydrogens is 426 g/mol. The number of nitrogens with one attached hydrogen (secondary N) is 1. The number of nitrogen functional groups attached to an aromatic ring is 1. The lowest BCUT2D eigenvalue weighted by Crippen LogP contribution is -2.24. The number of hydrogen-bond acceptors (Lipinski definition) is 7. The zero-order chi connectivity index (χ0) is 23.3. The van der Waals surface area contributed by atoms with Gasteiger partial charge in [-0.25, -0.2) is 4.68 Å². The number of methoxy groups -OCH3 is 1. The van der Waals surface area contributed by atoms with Gasteiger partial charge in [0.25, 0.3) is 0 Å². The minimum atomic E-state index is -0.429. The number of anilines is 1. The smallest absolute Gasteiger partial charge is 0.237 e. The molecule has 0 fully saturated rings. The number of rotatable bonds is 9. The number of ether oxygens (including phenoxy) is 2. The summed E-state index contributed by atoms with van der Waals surface area (Å²) < 4.78 is 12.5. The van der Waals surface area contributed by atoms with Crippen LogP contribution in [0.5, 0.6) is 11.5 Å². The normalized spacial score (nSPS) is 11.9. The van der Waals surface area contributed by atoms with Crippen molar-refractivity contribution in [2.75, 3.05) is 18.3 Å². The third-order valence-corrected chi connectivity index (χ3v) is 5.95. The average Bonchev–Trinajstić information content (AvgIpc) is 3.11. The van der Waals surface area contributed by atoms with E-state index >= 15 is 0 Å². The van der Waals surface area contributed by atoms with Crippen LogP contribution in [0.25, 0.3) is 0 Å². The van der Waals surface area contributed by atoms with Gasteiger partial charge in [0.1, 0.15) is 18.1 Å². The Morgan fingerprint density at radius 1 is 1.16 bits per heavy atom. The molecule has 0 saturated heterocycles. The van der Waals surface area contributed by atoms with Crippen LogP contribution in [0.4, 0.5) is 5.69 Å². The van der Waals surface area contributed by atoms with E-state index in [2.05, 4.69) is 41.5 Å². The molecule has 0 aliphatic carbocycles. The van der Waals surface area contributed by atoms with E-state index in [1.54, 1.807) is 38.3 Å². The summed E-state index contributed by atoms with van der Waals surface area (Å²) in [5.74, 6) is 8.35. The number of amides is 1. The van der Waals surface area contributed by atoms with E-state index in [4.69, 9.17) is 15.3 Å². The number of nitrogens with two attached hydrogens (primary N) is 1. The van der Waals surface area contributed by atoms with Gasteiger partial charge in [-0.15, -0.1) is 10.2 Å². The van der Waals surface area contributed by atoms with Crippen molar-refractivity contribution in [1.29, 1.82) is 0 Å². The van der Waals surface area contributed by atoms with Crippen molar-refractivity contribution in [1.82, 2.24) is 14.9 Å². The topological polar surface area (TPSA) is 104 Å². The average molecular weight is 456 g/mol. The van der Waals surface area contributed by atoms with Crippen LogP contribution in [0.3, 0.4) is 0 Å². The van der Waals surface area contributed by atoms with E-state index in [9.17, 15) is 4.79 Å². The number of carbonyl (C=O) groups excluding carboxylic acids is 1. The molecule has 2 aromatic carbocycles. The van der Waals surface area contributed by atoms with Crippen LogP contribution < -0.4 is 20.6 Å². The fraction of sp³-hybridized carbons (Fsp3) is 0.348. The van der Waals surface area contributed by atoms with E-state index in [1.807, 2.05) is 13.0 Å². The second kappa shape index (κ2) is 10.4. The Hall–Kier alpha value is -3.20. The first-order valence-corrected chi connectivity index (χ1v) is 11.2. The zero-order valence-electron chi connectivity index (χ0n) is 19.0. The highest BCUT2D eigenvalue weighted by atomic mass is 32.2. The number of hydrogen-bond donors (Lipinski definition) is 2. The van der Waals surface area contributed by atoms with Crippen molar-refractivity contribution >= 4 is 23.4 Å². The molecule has 0 radical (unpaired) electrons. The Kier molecular flexibility index (Phi) is 7.63. The monoisotopic (exact) mass is 455 g/mol. The maximum atomic E-state index is 12.5. The maximum Gasteiger partial charge on any atom is 0.237 e. The maximum absolute atomic E-state index is 12.5. The van der Waals surface area contributed by atoms with Crippen LogP contribution in [-0.4, -0.2) is 33.1 Å². The highest BCUT2D eigenvalue weighted by molar-refractivity contribution is 8.00. The van der Waals surface area contributed by atoms with Gasteiger partial charge < -0.3 is 20.6 Å². The van der Waals surface area contributed by atoms with Crippen LogP contribution in [0, 0.1) is 6.92 Å². The molecule has 0 aliphatic rings. The zero-order valence-corrected chi connectivity index (χ0v) is 19.8. The van der Waals surface area contributed by atoms with Crippen LogP contribution in [-0.2, 0) is 11.4 Å². The minimum Gasteiger partial charge on any atom is -0.497 e. The predicted molar refractivity (Wildman–Crippen MR) is 127 cm³/mol. The van der Waals surface area contributed by atoms with E-state index in [0.717, 1.165) is 22.6 Å². The Balaban J connectivity index is 1.61. The van der Waals surface area contributed by atoms with Crippen LogP contribution in [0.2, 0.25) is 0 Å². The summed E-state index contributed by atoms with van der Waals surface area (Å²) in [7, 11) is 1.60. The number of carbonyl (C=O) groups is 1. The molecule has 1 amide bonds. The van der Waals surface area contributed by atoms with Crippen LogP contribution in [0.15, 0.2) is 47.6 Å². The minimum absolute atomic E-state index is 0.165. The quantitative estimate of drug-likeness (QED) is 0.369. The molecule has 1 aromatic heterocycles. The fourth-order valence-corrected chi connectivity index (χ4v) is 3.79. The molecule has 3 aromatic rings. The van der Waals surface area contributed by atoms with Gasteiger partial charge in [0.05, 0.1) is 12.4 Å². The first-order valence-electron chi connectivity index (χ1n) is 10.3.